The van der Waals surface area contributed by atoms with E-state index in [-0.39, 0.29) is 115 Å². The number of aromatic nitrogens is 3. The van der Waals surface area contributed by atoms with Crippen molar-refractivity contribution in [1.29, 1.82) is 0 Å². The summed E-state index contributed by atoms with van der Waals surface area (Å²) in [6.07, 6.45) is 0. The standard InChI is InChI=1S/C7H7N3.2BrH.K.Na/c1-5-2-3-6-7(4-5)9-10-8-6;;;;/h2-4H,1H3,(H,8,9,10);2*1H;;/q;;;2*+1/p-2. The molecule has 1 N–H and O–H groups in total. The van der Waals surface area contributed by atoms with Crippen LogP contribution in [0.3, 0.4) is 0 Å². The van der Waals surface area contributed by atoms with Gasteiger partial charge < -0.3 is 34.0 Å². The van der Waals surface area contributed by atoms with Gasteiger partial charge in [-0.2, -0.15) is 15.4 Å². The molecule has 2 aromatic rings. The Labute approximate surface area is 168 Å². The molecular formula is C7H7Br2KN3Na. The number of nitrogens with zero attached hydrogens (tertiary/aromatic N) is 2. The van der Waals surface area contributed by atoms with Crippen LogP contribution in [0.1, 0.15) is 5.56 Å². The zero-order chi connectivity index (χ0) is 6.97. The van der Waals surface area contributed by atoms with Crippen molar-refractivity contribution in [3.8, 4) is 0 Å². The van der Waals surface area contributed by atoms with E-state index in [0.717, 1.165) is 11.0 Å². The Hall–Kier alpha value is 2.22. The molecule has 0 spiro atoms. The van der Waals surface area contributed by atoms with Gasteiger partial charge in [-0.1, -0.05) is 6.07 Å². The molecule has 0 aliphatic carbocycles. The van der Waals surface area contributed by atoms with Crippen LogP contribution in [0.4, 0.5) is 0 Å². The number of nitrogens with one attached hydrogen (secondary N) is 1. The molecule has 0 radical (unpaired) electrons. The summed E-state index contributed by atoms with van der Waals surface area (Å²) >= 11 is 0. The van der Waals surface area contributed by atoms with Gasteiger partial charge in [0.25, 0.3) is 0 Å². The van der Waals surface area contributed by atoms with Gasteiger partial charge in [0.05, 0.1) is 0 Å². The molecule has 66 valence electrons. The molecule has 0 saturated carbocycles. The normalized spacial score (nSPS) is 7.50. The number of aromatic amines is 1. The first-order valence-corrected chi connectivity index (χ1v) is 3.13. The number of hydrogen-bond donors (Lipinski definition) is 1. The van der Waals surface area contributed by atoms with Crippen molar-refractivity contribution in [3.05, 3.63) is 23.8 Å². The van der Waals surface area contributed by atoms with E-state index in [0.29, 0.717) is 0 Å². The predicted molar refractivity (Wildman–Crippen MR) is 38.6 cm³/mol. The van der Waals surface area contributed by atoms with E-state index in [4.69, 9.17) is 0 Å². The Bertz CT molecular complexity index is 368. The molecule has 1 aromatic carbocycles. The molecule has 0 fully saturated rings. The Morgan fingerprint density at radius 1 is 1.07 bits per heavy atom. The van der Waals surface area contributed by atoms with E-state index >= 15 is 0 Å². The zero-order valence-electron chi connectivity index (χ0n) is 8.38. The fourth-order valence-electron chi connectivity index (χ4n) is 0.950. The Kier molecular flexibility index (Phi) is 15.9. The van der Waals surface area contributed by atoms with Crippen LogP contribution >= 0.6 is 0 Å². The third kappa shape index (κ3) is 5.52. The molecule has 0 bridgehead atoms. The number of halogens is 2. The number of H-pyrrole nitrogens is 1. The van der Waals surface area contributed by atoms with Gasteiger partial charge in [0, 0.05) is 0 Å². The van der Waals surface area contributed by atoms with Crippen molar-refractivity contribution in [2.24, 2.45) is 0 Å². The molecule has 1 heterocycles. The van der Waals surface area contributed by atoms with Crippen molar-refractivity contribution in [3.63, 3.8) is 0 Å². The Morgan fingerprint density at radius 3 is 2.29 bits per heavy atom. The minimum Gasteiger partial charge on any atom is -1.00 e. The molecule has 1 aromatic heterocycles. The third-order valence-electron chi connectivity index (χ3n) is 1.47. The molecule has 14 heavy (non-hydrogen) atoms. The summed E-state index contributed by atoms with van der Waals surface area (Å²) in [4.78, 5) is 0. The first-order valence-electron chi connectivity index (χ1n) is 3.13. The summed E-state index contributed by atoms with van der Waals surface area (Å²) in [6.45, 7) is 2.04. The van der Waals surface area contributed by atoms with Crippen LogP contribution in [0.2, 0.25) is 0 Å². The summed E-state index contributed by atoms with van der Waals surface area (Å²) in [5.41, 5.74) is 3.06. The van der Waals surface area contributed by atoms with E-state index in [9.17, 15) is 0 Å². The van der Waals surface area contributed by atoms with Crippen LogP contribution in [0.25, 0.3) is 11.0 Å². The number of rotatable bonds is 0. The average Bonchev–Trinajstić information content (AvgIpc) is 2.33. The van der Waals surface area contributed by atoms with Gasteiger partial charge >= 0.3 is 80.9 Å². The Balaban J connectivity index is -0.000000302. The summed E-state index contributed by atoms with van der Waals surface area (Å²) in [6, 6.07) is 5.97. The first-order chi connectivity index (χ1) is 4.86. The molecule has 7 heteroatoms. The van der Waals surface area contributed by atoms with Gasteiger partial charge in [-0.25, -0.2) is 0 Å². The van der Waals surface area contributed by atoms with Crippen LogP contribution in [0.5, 0.6) is 0 Å². The molecule has 0 atom stereocenters. The smallest absolute Gasteiger partial charge is 1.00 e. The quantitative estimate of drug-likeness (QED) is 0.477. The van der Waals surface area contributed by atoms with E-state index in [1.165, 1.54) is 5.56 Å². The monoisotopic (exact) mass is 353 g/mol. The van der Waals surface area contributed by atoms with Crippen molar-refractivity contribution < 1.29 is 115 Å². The topological polar surface area (TPSA) is 41.6 Å². The molecule has 0 aliphatic rings. The second kappa shape index (κ2) is 10.4. The van der Waals surface area contributed by atoms with Crippen molar-refractivity contribution >= 4 is 11.0 Å². The number of fused-ring (bicyclic) bond motifs is 1. The molecule has 0 unspecified atom stereocenters. The zero-order valence-corrected chi connectivity index (χ0v) is 16.7. The summed E-state index contributed by atoms with van der Waals surface area (Å²) in [7, 11) is 0. The molecule has 3 nitrogen and oxygen atoms in total. The van der Waals surface area contributed by atoms with Crippen LogP contribution < -0.4 is 115 Å². The van der Waals surface area contributed by atoms with Crippen LogP contribution in [0, 0.1) is 6.92 Å². The SMILES string of the molecule is Cc1ccc2n[nH]nc2c1.[Br-].[Br-].[K+].[Na+]. The van der Waals surface area contributed by atoms with Crippen LogP contribution in [0.15, 0.2) is 18.2 Å². The molecule has 0 saturated heterocycles. The minimum absolute atomic E-state index is 0. The second-order valence-electron chi connectivity index (χ2n) is 2.32. The van der Waals surface area contributed by atoms with Crippen LogP contribution in [-0.2, 0) is 0 Å². The predicted octanol–water partition coefficient (Wildman–Crippen LogP) is -10.7. The second-order valence-corrected chi connectivity index (χ2v) is 2.32. The molecule has 0 aliphatic heterocycles. The van der Waals surface area contributed by atoms with E-state index in [1.807, 2.05) is 25.1 Å². The fraction of sp³-hybridized carbons (Fsp3) is 0.143. The van der Waals surface area contributed by atoms with E-state index < -0.39 is 0 Å². The molecule has 0 amide bonds. The van der Waals surface area contributed by atoms with Gasteiger partial charge in [0.15, 0.2) is 0 Å². The fourth-order valence-corrected chi connectivity index (χ4v) is 0.950. The van der Waals surface area contributed by atoms with E-state index in [1.54, 1.807) is 0 Å². The maximum Gasteiger partial charge on any atom is 1.00 e. The number of aryl methyl sites for hydroxylation is 1. The molecule has 2 rings (SSSR count). The van der Waals surface area contributed by atoms with Crippen LogP contribution in [-0.4, -0.2) is 15.4 Å². The van der Waals surface area contributed by atoms with Gasteiger partial charge in [-0.05, 0) is 24.6 Å². The van der Waals surface area contributed by atoms with E-state index in [2.05, 4.69) is 15.4 Å². The molecular weight excluding hydrogens is 348 g/mol. The van der Waals surface area contributed by atoms with Gasteiger partial charge in [-0.3, -0.25) is 0 Å². The maximum absolute atomic E-state index is 3.94. The maximum atomic E-state index is 3.94. The summed E-state index contributed by atoms with van der Waals surface area (Å²) in [5, 5.41) is 10.4. The van der Waals surface area contributed by atoms with Crippen molar-refractivity contribution in [1.82, 2.24) is 15.4 Å². The first kappa shape index (κ1) is 21.5. The average molecular weight is 355 g/mol. The Morgan fingerprint density at radius 2 is 1.64 bits per heavy atom. The summed E-state index contributed by atoms with van der Waals surface area (Å²) in [5.74, 6) is 0. The van der Waals surface area contributed by atoms with Crippen molar-refractivity contribution in [2.75, 3.05) is 0 Å². The van der Waals surface area contributed by atoms with Gasteiger partial charge in [0.1, 0.15) is 11.0 Å². The largest absolute Gasteiger partial charge is 1.00 e. The van der Waals surface area contributed by atoms with Crippen molar-refractivity contribution in [2.45, 2.75) is 6.92 Å². The third-order valence-corrected chi connectivity index (χ3v) is 1.47. The minimum atomic E-state index is 0. The number of hydrogen-bond acceptors (Lipinski definition) is 2. The van der Waals surface area contributed by atoms with Gasteiger partial charge in [-0.15, -0.1) is 0 Å². The number of benzene rings is 1. The summed E-state index contributed by atoms with van der Waals surface area (Å²) < 4.78 is 0. The van der Waals surface area contributed by atoms with Gasteiger partial charge in [0.2, 0.25) is 0 Å².